The number of rotatable bonds is 6. The summed E-state index contributed by atoms with van der Waals surface area (Å²) in [4.78, 5) is 26.6. The van der Waals surface area contributed by atoms with Crippen molar-refractivity contribution in [2.45, 2.75) is 6.54 Å². The first-order chi connectivity index (χ1) is 16.6. The molecular formula is C25H21N7O2. The molecule has 0 bridgehead atoms. The van der Waals surface area contributed by atoms with Gasteiger partial charge in [-0.15, -0.1) is 0 Å². The number of aromatic nitrogens is 4. The zero-order valence-electron chi connectivity index (χ0n) is 18.3. The van der Waals surface area contributed by atoms with Gasteiger partial charge in [0.25, 0.3) is 5.91 Å². The summed E-state index contributed by atoms with van der Waals surface area (Å²) in [7, 11) is 1.61. The van der Waals surface area contributed by atoms with E-state index in [1.54, 1.807) is 25.7 Å². The molecular weight excluding hydrogens is 430 g/mol. The zero-order chi connectivity index (χ0) is 23.5. The molecule has 0 saturated carbocycles. The fraction of sp³-hybridized carbons (Fsp3) is 0.0800. The van der Waals surface area contributed by atoms with Crippen LogP contribution in [0.25, 0.3) is 22.2 Å². The summed E-state index contributed by atoms with van der Waals surface area (Å²) < 4.78 is 6.62. The minimum absolute atomic E-state index is 0.155. The Morgan fingerprint density at radius 2 is 1.76 bits per heavy atom. The predicted octanol–water partition coefficient (Wildman–Crippen LogP) is 3.38. The summed E-state index contributed by atoms with van der Waals surface area (Å²) in [6.07, 6.45) is 4.97. The number of nitrogen functional groups attached to an aromatic ring is 1. The summed E-state index contributed by atoms with van der Waals surface area (Å²) in [5.41, 5.74) is 10.5. The van der Waals surface area contributed by atoms with Crippen molar-refractivity contribution in [3.63, 3.8) is 0 Å². The molecule has 0 radical (unpaired) electrons. The van der Waals surface area contributed by atoms with E-state index in [0.29, 0.717) is 28.7 Å². The first-order valence-corrected chi connectivity index (χ1v) is 10.6. The van der Waals surface area contributed by atoms with Crippen LogP contribution in [0, 0.1) is 0 Å². The highest BCUT2D eigenvalue weighted by atomic mass is 16.5. The van der Waals surface area contributed by atoms with E-state index in [1.807, 2.05) is 60.7 Å². The fourth-order valence-electron chi connectivity index (χ4n) is 3.58. The van der Waals surface area contributed by atoms with Gasteiger partial charge in [0.2, 0.25) is 0 Å². The second-order valence-corrected chi connectivity index (χ2v) is 7.51. The first kappa shape index (κ1) is 21.1. The normalized spacial score (nSPS) is 11.3. The van der Waals surface area contributed by atoms with Crippen molar-refractivity contribution in [2.24, 2.45) is 5.10 Å². The SMILES string of the molecule is COc1ccc(CNC(=O)c2c(N)n(N=Cc3ccncc3)c3nc4ccccc4nc23)cc1. The van der Waals surface area contributed by atoms with Gasteiger partial charge in [-0.05, 0) is 47.5 Å². The molecule has 5 rings (SSSR count). The Morgan fingerprint density at radius 3 is 2.47 bits per heavy atom. The van der Waals surface area contributed by atoms with Gasteiger partial charge in [-0.2, -0.15) is 9.78 Å². The van der Waals surface area contributed by atoms with Crippen LogP contribution >= 0.6 is 0 Å². The lowest BCUT2D eigenvalue weighted by atomic mass is 10.2. The quantitative estimate of drug-likeness (QED) is 0.382. The van der Waals surface area contributed by atoms with E-state index in [9.17, 15) is 4.79 Å². The first-order valence-electron chi connectivity index (χ1n) is 10.6. The van der Waals surface area contributed by atoms with Crippen molar-refractivity contribution in [3.05, 3.63) is 89.7 Å². The number of amides is 1. The second-order valence-electron chi connectivity index (χ2n) is 7.51. The average molecular weight is 451 g/mol. The molecule has 5 aromatic rings. The van der Waals surface area contributed by atoms with E-state index in [1.165, 1.54) is 4.68 Å². The number of methoxy groups -OCH3 is 1. The smallest absolute Gasteiger partial charge is 0.257 e. The molecule has 1 amide bonds. The van der Waals surface area contributed by atoms with Crippen molar-refractivity contribution in [1.82, 2.24) is 24.9 Å². The van der Waals surface area contributed by atoms with Crippen molar-refractivity contribution < 1.29 is 9.53 Å². The number of ether oxygens (including phenoxy) is 1. The van der Waals surface area contributed by atoms with Crippen LogP contribution in [0.4, 0.5) is 5.82 Å². The van der Waals surface area contributed by atoms with Crippen LogP contribution in [0.2, 0.25) is 0 Å². The van der Waals surface area contributed by atoms with E-state index in [0.717, 1.165) is 16.9 Å². The molecule has 3 heterocycles. The number of nitrogens with one attached hydrogen (secondary N) is 1. The van der Waals surface area contributed by atoms with E-state index >= 15 is 0 Å². The van der Waals surface area contributed by atoms with Crippen molar-refractivity contribution in [3.8, 4) is 5.75 Å². The number of carbonyl (C=O) groups is 1. The van der Waals surface area contributed by atoms with E-state index in [-0.39, 0.29) is 17.3 Å². The van der Waals surface area contributed by atoms with Crippen LogP contribution < -0.4 is 15.8 Å². The molecule has 0 aliphatic rings. The molecule has 2 aromatic carbocycles. The Bertz CT molecular complexity index is 1510. The molecule has 0 aliphatic heterocycles. The number of nitrogens with two attached hydrogens (primary N) is 1. The molecule has 0 aliphatic carbocycles. The number of para-hydroxylation sites is 2. The molecule has 168 valence electrons. The largest absolute Gasteiger partial charge is 0.497 e. The molecule has 9 nitrogen and oxygen atoms in total. The van der Waals surface area contributed by atoms with E-state index in [4.69, 9.17) is 15.5 Å². The number of carbonyl (C=O) groups excluding carboxylic acids is 1. The predicted molar refractivity (Wildman–Crippen MR) is 131 cm³/mol. The molecule has 3 aromatic heterocycles. The van der Waals surface area contributed by atoms with E-state index < -0.39 is 0 Å². The minimum atomic E-state index is -0.360. The Balaban J connectivity index is 1.55. The highest BCUT2D eigenvalue weighted by Crippen LogP contribution is 2.28. The van der Waals surface area contributed by atoms with Crippen LogP contribution in [0.5, 0.6) is 5.75 Å². The molecule has 0 fully saturated rings. The van der Waals surface area contributed by atoms with Gasteiger partial charge < -0.3 is 15.8 Å². The Kier molecular flexibility index (Phi) is 5.57. The van der Waals surface area contributed by atoms with Crippen molar-refractivity contribution >= 4 is 40.1 Å². The lowest BCUT2D eigenvalue weighted by Gasteiger charge is -2.06. The highest BCUT2D eigenvalue weighted by molar-refractivity contribution is 6.10. The molecule has 3 N–H and O–H groups in total. The fourth-order valence-corrected chi connectivity index (χ4v) is 3.58. The number of hydrogen-bond acceptors (Lipinski definition) is 7. The molecule has 34 heavy (non-hydrogen) atoms. The van der Waals surface area contributed by atoms with Crippen LogP contribution in [0.3, 0.4) is 0 Å². The van der Waals surface area contributed by atoms with Crippen molar-refractivity contribution in [1.29, 1.82) is 0 Å². The second kappa shape index (κ2) is 8.99. The molecule has 0 unspecified atom stereocenters. The number of anilines is 1. The lowest BCUT2D eigenvalue weighted by Crippen LogP contribution is -2.23. The van der Waals surface area contributed by atoms with Gasteiger partial charge in [-0.25, -0.2) is 9.97 Å². The van der Waals surface area contributed by atoms with Gasteiger partial charge >= 0.3 is 0 Å². The third-order valence-electron chi connectivity index (χ3n) is 5.34. The number of pyridine rings is 1. The van der Waals surface area contributed by atoms with Gasteiger partial charge in [0.1, 0.15) is 22.6 Å². The molecule has 0 atom stereocenters. The Labute approximate surface area is 194 Å². The number of fused-ring (bicyclic) bond motifs is 2. The van der Waals surface area contributed by atoms with Gasteiger partial charge in [0, 0.05) is 18.9 Å². The van der Waals surface area contributed by atoms with Gasteiger partial charge in [-0.1, -0.05) is 24.3 Å². The van der Waals surface area contributed by atoms with Crippen molar-refractivity contribution in [2.75, 3.05) is 12.8 Å². The Hall–Kier alpha value is -4.79. The average Bonchev–Trinajstić information content (AvgIpc) is 3.15. The van der Waals surface area contributed by atoms with E-state index in [2.05, 4.69) is 20.4 Å². The van der Waals surface area contributed by atoms with Gasteiger partial charge in [0.15, 0.2) is 5.65 Å². The number of nitrogens with zero attached hydrogens (tertiary/aromatic N) is 5. The monoisotopic (exact) mass is 451 g/mol. The topological polar surface area (TPSA) is 120 Å². The summed E-state index contributed by atoms with van der Waals surface area (Å²) in [5, 5.41) is 7.41. The van der Waals surface area contributed by atoms with Crippen LogP contribution in [0.1, 0.15) is 21.5 Å². The summed E-state index contributed by atoms with van der Waals surface area (Å²) in [5.74, 6) is 0.542. The summed E-state index contributed by atoms with van der Waals surface area (Å²) in [6, 6.07) is 18.5. The summed E-state index contributed by atoms with van der Waals surface area (Å²) in [6.45, 7) is 0.316. The zero-order valence-corrected chi connectivity index (χ0v) is 18.3. The molecule has 0 spiro atoms. The number of benzene rings is 2. The highest BCUT2D eigenvalue weighted by Gasteiger charge is 2.24. The third-order valence-corrected chi connectivity index (χ3v) is 5.34. The lowest BCUT2D eigenvalue weighted by molar-refractivity contribution is 0.0953. The van der Waals surface area contributed by atoms with Gasteiger partial charge in [-0.3, -0.25) is 9.78 Å². The summed E-state index contributed by atoms with van der Waals surface area (Å²) >= 11 is 0. The molecule has 9 heteroatoms. The standard InChI is InChI=1S/C25H21N7O2/c1-34-18-8-6-16(7-9-18)14-28-25(33)21-22-24(31-20-5-3-2-4-19(20)30-22)32(23(21)26)29-15-17-10-12-27-13-11-17/h2-13,15H,14,26H2,1H3,(H,28,33). The van der Waals surface area contributed by atoms with Crippen LogP contribution in [0.15, 0.2) is 78.2 Å². The minimum Gasteiger partial charge on any atom is -0.497 e. The van der Waals surface area contributed by atoms with Crippen LogP contribution in [-0.2, 0) is 6.54 Å². The third kappa shape index (κ3) is 4.02. The van der Waals surface area contributed by atoms with Gasteiger partial charge in [0.05, 0.1) is 24.4 Å². The maximum absolute atomic E-state index is 13.2. The maximum atomic E-state index is 13.2. The van der Waals surface area contributed by atoms with Crippen LogP contribution in [-0.4, -0.2) is 38.9 Å². The maximum Gasteiger partial charge on any atom is 0.257 e. The number of hydrogen-bond donors (Lipinski definition) is 2. The Morgan fingerprint density at radius 1 is 1.06 bits per heavy atom. The molecule has 0 saturated heterocycles.